The third-order valence-electron chi connectivity index (χ3n) is 4.50. The first kappa shape index (κ1) is 15.5. The lowest BCUT2D eigenvalue weighted by Crippen LogP contribution is -2.41. The molecular formula is C17H19N7O. The molecule has 4 heterocycles. The number of carbonyl (C=O) groups is 1. The summed E-state index contributed by atoms with van der Waals surface area (Å²) in [6.07, 6.45) is 8.67. The lowest BCUT2D eigenvalue weighted by molar-refractivity contribution is 0.0941. The lowest BCUT2D eigenvalue weighted by atomic mass is 9.98. The standard InChI is InChI=1S/C17H19N7O/c25-17(14-6-13-8-19-11-22-16(13)23-14)20-7-12-2-1-5-24(9-12)15-3-4-18-10-21-15/h3-4,6,8,10-12H,1-2,5,7,9H2,(H,20,25)(H,19,22,23). The Morgan fingerprint density at radius 2 is 2.24 bits per heavy atom. The minimum atomic E-state index is -0.114. The Morgan fingerprint density at radius 3 is 3.08 bits per heavy atom. The van der Waals surface area contributed by atoms with E-state index in [0.717, 1.165) is 37.1 Å². The molecule has 0 spiro atoms. The van der Waals surface area contributed by atoms with E-state index >= 15 is 0 Å². The molecule has 1 aliphatic heterocycles. The molecule has 128 valence electrons. The van der Waals surface area contributed by atoms with Crippen LogP contribution in [0.15, 0.2) is 37.2 Å². The maximum Gasteiger partial charge on any atom is 0.267 e. The highest BCUT2D eigenvalue weighted by Crippen LogP contribution is 2.20. The van der Waals surface area contributed by atoms with E-state index in [2.05, 4.69) is 35.1 Å². The fourth-order valence-corrected chi connectivity index (χ4v) is 3.23. The summed E-state index contributed by atoms with van der Waals surface area (Å²) in [5, 5.41) is 3.86. The minimum absolute atomic E-state index is 0.114. The van der Waals surface area contributed by atoms with E-state index in [-0.39, 0.29) is 5.91 Å². The van der Waals surface area contributed by atoms with Gasteiger partial charge in [-0.25, -0.2) is 19.9 Å². The highest BCUT2D eigenvalue weighted by Gasteiger charge is 2.22. The first-order valence-corrected chi connectivity index (χ1v) is 8.37. The molecule has 3 aromatic heterocycles. The quantitative estimate of drug-likeness (QED) is 0.746. The molecule has 0 aliphatic carbocycles. The van der Waals surface area contributed by atoms with E-state index in [0.29, 0.717) is 23.8 Å². The van der Waals surface area contributed by atoms with Gasteiger partial charge in [-0.2, -0.15) is 0 Å². The second-order valence-electron chi connectivity index (χ2n) is 6.24. The number of hydrogen-bond acceptors (Lipinski definition) is 6. The molecule has 8 heteroatoms. The summed E-state index contributed by atoms with van der Waals surface area (Å²) in [6, 6.07) is 3.70. The van der Waals surface area contributed by atoms with Gasteiger partial charge in [0, 0.05) is 37.4 Å². The number of anilines is 1. The van der Waals surface area contributed by atoms with Crippen LogP contribution in [0.1, 0.15) is 23.3 Å². The zero-order valence-electron chi connectivity index (χ0n) is 13.7. The average Bonchev–Trinajstić information content (AvgIpc) is 3.11. The molecule has 1 aliphatic rings. The van der Waals surface area contributed by atoms with E-state index in [9.17, 15) is 4.79 Å². The summed E-state index contributed by atoms with van der Waals surface area (Å²) < 4.78 is 0. The fraction of sp³-hybridized carbons (Fsp3) is 0.353. The van der Waals surface area contributed by atoms with Crippen LogP contribution in [0.3, 0.4) is 0 Å². The fourth-order valence-electron chi connectivity index (χ4n) is 3.23. The Hall–Kier alpha value is -3.03. The van der Waals surface area contributed by atoms with Gasteiger partial charge in [-0.05, 0) is 30.9 Å². The summed E-state index contributed by atoms with van der Waals surface area (Å²) in [7, 11) is 0. The van der Waals surface area contributed by atoms with Gasteiger partial charge in [0.15, 0.2) is 0 Å². The maximum atomic E-state index is 12.4. The van der Waals surface area contributed by atoms with Crippen molar-refractivity contribution < 1.29 is 4.79 Å². The zero-order valence-corrected chi connectivity index (χ0v) is 13.7. The summed E-state index contributed by atoms with van der Waals surface area (Å²) >= 11 is 0. The third-order valence-corrected chi connectivity index (χ3v) is 4.50. The normalized spacial score (nSPS) is 17.6. The van der Waals surface area contributed by atoms with Crippen LogP contribution in [0.2, 0.25) is 0 Å². The Labute approximate surface area is 144 Å². The van der Waals surface area contributed by atoms with Gasteiger partial charge in [0.1, 0.15) is 29.8 Å². The Balaban J connectivity index is 1.36. The van der Waals surface area contributed by atoms with E-state index in [4.69, 9.17) is 0 Å². The van der Waals surface area contributed by atoms with Crippen LogP contribution in [0.5, 0.6) is 0 Å². The van der Waals surface area contributed by atoms with Gasteiger partial charge in [0.2, 0.25) is 0 Å². The van der Waals surface area contributed by atoms with Crippen molar-refractivity contribution in [3.05, 3.63) is 42.9 Å². The van der Waals surface area contributed by atoms with Gasteiger partial charge < -0.3 is 15.2 Å². The van der Waals surface area contributed by atoms with Crippen LogP contribution >= 0.6 is 0 Å². The molecule has 2 N–H and O–H groups in total. The zero-order chi connectivity index (χ0) is 17.1. The van der Waals surface area contributed by atoms with Crippen molar-refractivity contribution in [2.75, 3.05) is 24.5 Å². The first-order valence-electron chi connectivity index (χ1n) is 8.37. The van der Waals surface area contributed by atoms with Crippen molar-refractivity contribution in [1.82, 2.24) is 30.2 Å². The van der Waals surface area contributed by atoms with Crippen molar-refractivity contribution in [2.24, 2.45) is 5.92 Å². The molecule has 1 unspecified atom stereocenters. The van der Waals surface area contributed by atoms with Gasteiger partial charge in [0.05, 0.1) is 0 Å². The van der Waals surface area contributed by atoms with Crippen LogP contribution in [0.4, 0.5) is 5.82 Å². The van der Waals surface area contributed by atoms with Crippen LogP contribution in [0, 0.1) is 5.92 Å². The van der Waals surface area contributed by atoms with E-state index < -0.39 is 0 Å². The Kier molecular flexibility index (Phi) is 4.24. The molecule has 0 bridgehead atoms. The Bertz CT molecular complexity index is 831. The highest BCUT2D eigenvalue weighted by molar-refractivity contribution is 5.97. The summed E-state index contributed by atoms with van der Waals surface area (Å²) in [6.45, 7) is 2.51. The topological polar surface area (TPSA) is 99.7 Å². The van der Waals surface area contributed by atoms with Gasteiger partial charge in [0.25, 0.3) is 5.91 Å². The third kappa shape index (κ3) is 3.42. The first-order chi connectivity index (χ1) is 12.3. The molecular weight excluding hydrogens is 318 g/mol. The number of rotatable bonds is 4. The van der Waals surface area contributed by atoms with Crippen molar-refractivity contribution >= 4 is 22.8 Å². The van der Waals surface area contributed by atoms with E-state index in [1.54, 1.807) is 24.8 Å². The molecule has 1 amide bonds. The summed E-state index contributed by atoms with van der Waals surface area (Å²) in [5.74, 6) is 1.23. The average molecular weight is 337 g/mol. The number of H-pyrrole nitrogens is 1. The number of nitrogens with one attached hydrogen (secondary N) is 2. The highest BCUT2D eigenvalue weighted by atomic mass is 16.1. The number of nitrogens with zero attached hydrogens (tertiary/aromatic N) is 5. The van der Waals surface area contributed by atoms with Crippen LogP contribution in [-0.4, -0.2) is 50.5 Å². The number of piperidine rings is 1. The predicted molar refractivity (Wildman–Crippen MR) is 93.2 cm³/mol. The molecule has 3 aromatic rings. The van der Waals surface area contributed by atoms with Crippen LogP contribution < -0.4 is 10.2 Å². The number of aromatic nitrogens is 5. The second-order valence-corrected chi connectivity index (χ2v) is 6.24. The smallest absolute Gasteiger partial charge is 0.267 e. The van der Waals surface area contributed by atoms with Gasteiger partial charge in [-0.1, -0.05) is 0 Å². The van der Waals surface area contributed by atoms with E-state index in [1.165, 1.54) is 6.33 Å². The van der Waals surface area contributed by atoms with Crippen molar-refractivity contribution in [2.45, 2.75) is 12.8 Å². The molecule has 8 nitrogen and oxygen atoms in total. The molecule has 0 radical (unpaired) electrons. The monoisotopic (exact) mass is 337 g/mol. The molecule has 1 fully saturated rings. The lowest BCUT2D eigenvalue weighted by Gasteiger charge is -2.33. The minimum Gasteiger partial charge on any atom is -0.356 e. The van der Waals surface area contributed by atoms with Crippen molar-refractivity contribution in [3.8, 4) is 0 Å². The Morgan fingerprint density at radius 1 is 1.32 bits per heavy atom. The van der Waals surface area contributed by atoms with Gasteiger partial charge in [-0.15, -0.1) is 0 Å². The molecule has 0 aromatic carbocycles. The number of hydrogen-bond donors (Lipinski definition) is 2. The largest absolute Gasteiger partial charge is 0.356 e. The molecule has 1 saturated heterocycles. The summed E-state index contributed by atoms with van der Waals surface area (Å²) in [5.41, 5.74) is 1.19. The molecule has 1 atom stereocenters. The van der Waals surface area contributed by atoms with Crippen molar-refractivity contribution in [3.63, 3.8) is 0 Å². The maximum absolute atomic E-state index is 12.4. The molecule has 4 rings (SSSR count). The predicted octanol–water partition coefficient (Wildman–Crippen LogP) is 1.39. The van der Waals surface area contributed by atoms with Crippen LogP contribution in [0.25, 0.3) is 11.0 Å². The number of carbonyl (C=O) groups excluding carboxylic acids is 1. The SMILES string of the molecule is O=C(NCC1CCCN(c2ccncn2)C1)c1cc2cncnc2[nH]1. The van der Waals surface area contributed by atoms with Crippen LogP contribution in [-0.2, 0) is 0 Å². The number of aromatic amines is 1. The van der Waals surface area contributed by atoms with Crippen molar-refractivity contribution in [1.29, 1.82) is 0 Å². The second kappa shape index (κ2) is 6.84. The van der Waals surface area contributed by atoms with Gasteiger partial charge >= 0.3 is 0 Å². The van der Waals surface area contributed by atoms with E-state index in [1.807, 2.05) is 6.07 Å². The summed E-state index contributed by atoms with van der Waals surface area (Å²) in [4.78, 5) is 34.0. The number of amides is 1. The van der Waals surface area contributed by atoms with Gasteiger partial charge in [-0.3, -0.25) is 4.79 Å². The molecule has 0 saturated carbocycles. The molecule has 25 heavy (non-hydrogen) atoms. The number of fused-ring (bicyclic) bond motifs is 1.